The van der Waals surface area contributed by atoms with Crippen LogP contribution in [0.1, 0.15) is 6.42 Å². The van der Waals surface area contributed by atoms with E-state index in [1.165, 1.54) is 7.11 Å². The smallest absolute Gasteiger partial charge is 0.324 e. The number of rotatable bonds is 4. The van der Waals surface area contributed by atoms with Gasteiger partial charge in [0.15, 0.2) is 0 Å². The van der Waals surface area contributed by atoms with Crippen molar-refractivity contribution in [3.05, 3.63) is 0 Å². The molecule has 0 bridgehead atoms. The molecule has 1 heterocycles. The van der Waals surface area contributed by atoms with E-state index in [1.54, 1.807) is 7.05 Å². The first-order chi connectivity index (χ1) is 7.27. The minimum atomic E-state index is -0.243. The average molecular weight is 216 g/mol. The van der Waals surface area contributed by atoms with Gasteiger partial charge in [-0.25, -0.2) is 0 Å². The van der Waals surface area contributed by atoms with Crippen molar-refractivity contribution in [2.45, 2.75) is 12.5 Å². The summed E-state index contributed by atoms with van der Waals surface area (Å²) >= 11 is 0. The lowest BCUT2D eigenvalue weighted by molar-refractivity contribution is -0.143. The SMILES string of the molecule is CNC(CN1CCCOCC1)C(=O)OC. The lowest BCUT2D eigenvalue weighted by Crippen LogP contribution is -2.45. The van der Waals surface area contributed by atoms with Crippen LogP contribution < -0.4 is 5.32 Å². The maximum Gasteiger partial charge on any atom is 0.324 e. The van der Waals surface area contributed by atoms with Crippen LogP contribution in [-0.4, -0.2) is 63.9 Å². The van der Waals surface area contributed by atoms with Crippen LogP contribution in [-0.2, 0) is 14.3 Å². The Morgan fingerprint density at radius 3 is 3.00 bits per heavy atom. The van der Waals surface area contributed by atoms with Crippen molar-refractivity contribution in [2.24, 2.45) is 0 Å². The summed E-state index contributed by atoms with van der Waals surface area (Å²) in [5, 5.41) is 2.96. The topological polar surface area (TPSA) is 50.8 Å². The van der Waals surface area contributed by atoms with Gasteiger partial charge in [0.25, 0.3) is 0 Å². The Labute approximate surface area is 90.7 Å². The van der Waals surface area contributed by atoms with Crippen LogP contribution in [0.5, 0.6) is 0 Å². The van der Waals surface area contributed by atoms with Crippen LogP contribution in [0.15, 0.2) is 0 Å². The second-order valence-corrected chi connectivity index (χ2v) is 3.63. The highest BCUT2D eigenvalue weighted by atomic mass is 16.5. The summed E-state index contributed by atoms with van der Waals surface area (Å²) in [6.45, 7) is 4.12. The molecule has 0 aromatic heterocycles. The lowest BCUT2D eigenvalue weighted by Gasteiger charge is -2.23. The Morgan fingerprint density at radius 2 is 2.33 bits per heavy atom. The van der Waals surface area contributed by atoms with Gasteiger partial charge in [0, 0.05) is 26.2 Å². The predicted molar refractivity (Wildman–Crippen MR) is 56.7 cm³/mol. The van der Waals surface area contributed by atoms with Gasteiger partial charge in [0.1, 0.15) is 6.04 Å². The fourth-order valence-corrected chi connectivity index (χ4v) is 1.66. The summed E-state index contributed by atoms with van der Waals surface area (Å²) in [6, 6.07) is -0.243. The van der Waals surface area contributed by atoms with Gasteiger partial charge >= 0.3 is 5.97 Å². The Kier molecular flexibility index (Phi) is 5.60. The third kappa shape index (κ3) is 4.15. The minimum Gasteiger partial charge on any atom is -0.468 e. The molecule has 1 unspecified atom stereocenters. The molecule has 1 rings (SSSR count). The van der Waals surface area contributed by atoms with Crippen LogP contribution in [0.25, 0.3) is 0 Å². The molecule has 0 aliphatic carbocycles. The van der Waals surface area contributed by atoms with E-state index in [0.717, 1.165) is 32.7 Å². The van der Waals surface area contributed by atoms with Gasteiger partial charge in [0.2, 0.25) is 0 Å². The number of carbonyl (C=O) groups is 1. The fourth-order valence-electron chi connectivity index (χ4n) is 1.66. The number of nitrogens with zero attached hydrogens (tertiary/aromatic N) is 1. The highest BCUT2D eigenvalue weighted by molar-refractivity contribution is 5.75. The molecule has 1 aliphatic rings. The fraction of sp³-hybridized carbons (Fsp3) is 0.900. The quantitative estimate of drug-likeness (QED) is 0.640. The first-order valence-corrected chi connectivity index (χ1v) is 5.33. The van der Waals surface area contributed by atoms with Gasteiger partial charge in [-0.3, -0.25) is 9.69 Å². The van der Waals surface area contributed by atoms with Crippen LogP contribution >= 0.6 is 0 Å². The van der Waals surface area contributed by atoms with Crippen LogP contribution in [0.2, 0.25) is 0 Å². The minimum absolute atomic E-state index is 0.206. The van der Waals surface area contributed by atoms with Crippen molar-refractivity contribution < 1.29 is 14.3 Å². The van der Waals surface area contributed by atoms with Gasteiger partial charge in [-0.15, -0.1) is 0 Å². The molecule has 1 fully saturated rings. The molecule has 88 valence electrons. The molecule has 1 aliphatic heterocycles. The summed E-state index contributed by atoms with van der Waals surface area (Å²) in [6.07, 6.45) is 1.03. The molecule has 0 aromatic carbocycles. The summed E-state index contributed by atoms with van der Waals surface area (Å²) < 4.78 is 10.1. The van der Waals surface area contributed by atoms with Crippen molar-refractivity contribution in [2.75, 3.05) is 47.0 Å². The number of carbonyl (C=O) groups excluding carboxylic acids is 1. The molecule has 0 amide bonds. The van der Waals surface area contributed by atoms with Crippen LogP contribution in [0.3, 0.4) is 0 Å². The molecule has 0 spiro atoms. The second kappa shape index (κ2) is 6.76. The lowest BCUT2D eigenvalue weighted by atomic mass is 10.2. The van der Waals surface area contributed by atoms with E-state index < -0.39 is 0 Å². The summed E-state index contributed by atoms with van der Waals surface area (Å²) in [7, 11) is 3.19. The van der Waals surface area contributed by atoms with E-state index in [1.807, 2.05) is 0 Å². The molecular formula is C10H20N2O3. The molecule has 0 radical (unpaired) electrons. The predicted octanol–water partition coefficient (Wildman–Crippen LogP) is -0.530. The Balaban J connectivity index is 2.38. The molecule has 1 N–H and O–H groups in total. The molecule has 1 saturated heterocycles. The molecule has 0 saturated carbocycles. The van der Waals surface area contributed by atoms with Crippen molar-refractivity contribution in [1.82, 2.24) is 10.2 Å². The standard InChI is InChI=1S/C10H20N2O3/c1-11-9(10(13)14-2)8-12-4-3-6-15-7-5-12/h9,11H,3-8H2,1-2H3. The average Bonchev–Trinajstić information content (AvgIpc) is 2.53. The van der Waals surface area contributed by atoms with E-state index in [2.05, 4.69) is 10.2 Å². The molecule has 15 heavy (non-hydrogen) atoms. The van der Waals surface area contributed by atoms with E-state index in [-0.39, 0.29) is 12.0 Å². The molecule has 5 heteroatoms. The first-order valence-electron chi connectivity index (χ1n) is 5.33. The second-order valence-electron chi connectivity index (χ2n) is 3.63. The normalized spacial score (nSPS) is 20.7. The molecule has 0 aromatic rings. The van der Waals surface area contributed by atoms with Crippen LogP contribution in [0, 0.1) is 0 Å². The van der Waals surface area contributed by atoms with Crippen LogP contribution in [0.4, 0.5) is 0 Å². The van der Waals surface area contributed by atoms with Gasteiger partial charge in [-0.2, -0.15) is 0 Å². The number of methoxy groups -OCH3 is 1. The van der Waals surface area contributed by atoms with Crippen molar-refractivity contribution in [1.29, 1.82) is 0 Å². The van der Waals surface area contributed by atoms with E-state index >= 15 is 0 Å². The maximum absolute atomic E-state index is 11.4. The van der Waals surface area contributed by atoms with Gasteiger partial charge < -0.3 is 14.8 Å². The van der Waals surface area contributed by atoms with E-state index in [0.29, 0.717) is 6.54 Å². The Morgan fingerprint density at radius 1 is 1.53 bits per heavy atom. The molecule has 1 atom stereocenters. The first kappa shape index (κ1) is 12.4. The van der Waals surface area contributed by atoms with E-state index in [4.69, 9.17) is 9.47 Å². The van der Waals surface area contributed by atoms with E-state index in [9.17, 15) is 4.79 Å². The third-order valence-corrected chi connectivity index (χ3v) is 2.59. The maximum atomic E-state index is 11.4. The number of nitrogens with one attached hydrogen (secondary N) is 1. The summed E-state index contributed by atoms with van der Waals surface area (Å²) in [5.41, 5.74) is 0. The van der Waals surface area contributed by atoms with Crippen molar-refractivity contribution in [3.63, 3.8) is 0 Å². The zero-order chi connectivity index (χ0) is 11.1. The zero-order valence-electron chi connectivity index (χ0n) is 9.49. The highest BCUT2D eigenvalue weighted by Crippen LogP contribution is 2.01. The van der Waals surface area contributed by atoms with Crippen molar-refractivity contribution in [3.8, 4) is 0 Å². The Hall–Kier alpha value is -0.650. The van der Waals surface area contributed by atoms with Gasteiger partial charge in [-0.1, -0.05) is 0 Å². The summed E-state index contributed by atoms with van der Waals surface area (Å²) in [5.74, 6) is -0.206. The molecule has 5 nitrogen and oxygen atoms in total. The summed E-state index contributed by atoms with van der Waals surface area (Å²) in [4.78, 5) is 13.6. The molecular weight excluding hydrogens is 196 g/mol. The number of ether oxygens (including phenoxy) is 2. The Bertz CT molecular complexity index is 191. The number of hydrogen-bond acceptors (Lipinski definition) is 5. The monoisotopic (exact) mass is 216 g/mol. The number of likely N-dealkylation sites (N-methyl/N-ethyl adjacent to an activating group) is 1. The van der Waals surface area contributed by atoms with Gasteiger partial charge in [-0.05, 0) is 13.5 Å². The van der Waals surface area contributed by atoms with Gasteiger partial charge in [0.05, 0.1) is 13.7 Å². The zero-order valence-corrected chi connectivity index (χ0v) is 9.49. The van der Waals surface area contributed by atoms with Crippen molar-refractivity contribution >= 4 is 5.97 Å². The third-order valence-electron chi connectivity index (χ3n) is 2.59. The number of esters is 1. The highest BCUT2D eigenvalue weighted by Gasteiger charge is 2.21. The largest absolute Gasteiger partial charge is 0.468 e. The number of hydrogen-bond donors (Lipinski definition) is 1.